The minimum atomic E-state index is -3.09. The highest BCUT2D eigenvalue weighted by molar-refractivity contribution is 7.89. The number of benzene rings is 2. The first-order valence-corrected chi connectivity index (χ1v) is 15.1. The van der Waals surface area contributed by atoms with Gasteiger partial charge in [-0.25, -0.2) is 23.4 Å². The second kappa shape index (κ2) is 14.3. The average Bonchev–Trinajstić information content (AvgIpc) is 2.79. The SMILES string of the molecule is CCCCCc1nc(C(Cl)(Cl)Cl)nc(C(Cl)(Cl)Cl)n1.O=S(=O)(Cc1ccccc1)Cc1ccccc1. The van der Waals surface area contributed by atoms with E-state index in [2.05, 4.69) is 21.9 Å². The van der Waals surface area contributed by atoms with Crippen LogP contribution in [0.15, 0.2) is 60.7 Å². The Morgan fingerprint density at radius 2 is 1.08 bits per heavy atom. The number of sulfone groups is 1. The predicted molar refractivity (Wildman–Crippen MR) is 151 cm³/mol. The molecule has 196 valence electrons. The lowest BCUT2D eigenvalue weighted by Crippen LogP contribution is -2.18. The van der Waals surface area contributed by atoms with Gasteiger partial charge in [0, 0.05) is 6.42 Å². The molecule has 0 aliphatic rings. The molecule has 3 aromatic rings. The molecule has 0 atom stereocenters. The van der Waals surface area contributed by atoms with E-state index in [4.69, 9.17) is 69.6 Å². The fourth-order valence-electron chi connectivity index (χ4n) is 3.03. The van der Waals surface area contributed by atoms with Crippen LogP contribution in [0.1, 0.15) is 54.8 Å². The summed E-state index contributed by atoms with van der Waals surface area (Å²) in [5, 5.41) is 0. The van der Waals surface area contributed by atoms with Gasteiger partial charge in [0.05, 0.1) is 11.5 Å². The van der Waals surface area contributed by atoms with Crippen molar-refractivity contribution in [3.63, 3.8) is 0 Å². The topological polar surface area (TPSA) is 72.8 Å². The maximum absolute atomic E-state index is 12.0. The fourth-order valence-corrected chi connectivity index (χ4v) is 5.04. The quantitative estimate of drug-likeness (QED) is 0.186. The molecule has 36 heavy (non-hydrogen) atoms. The van der Waals surface area contributed by atoms with Crippen molar-refractivity contribution in [3.05, 3.63) is 89.3 Å². The molecule has 0 fully saturated rings. The highest BCUT2D eigenvalue weighted by Crippen LogP contribution is 2.39. The molecule has 12 heteroatoms. The average molecular weight is 632 g/mol. The number of hydrogen-bond donors (Lipinski definition) is 0. The lowest BCUT2D eigenvalue weighted by molar-refractivity contribution is 0.594. The molecule has 0 aliphatic carbocycles. The van der Waals surface area contributed by atoms with E-state index < -0.39 is 17.4 Å². The second-order valence-corrected chi connectivity index (χ2v) is 14.5. The molecule has 2 aromatic carbocycles. The van der Waals surface area contributed by atoms with Crippen LogP contribution in [-0.4, -0.2) is 23.4 Å². The van der Waals surface area contributed by atoms with Gasteiger partial charge in [-0.1, -0.05) is 150 Å². The Balaban J connectivity index is 0.000000255. The Labute approximate surface area is 242 Å². The molecule has 0 aliphatic heterocycles. The van der Waals surface area contributed by atoms with Gasteiger partial charge in [0.15, 0.2) is 21.5 Å². The maximum Gasteiger partial charge on any atom is 0.250 e. The van der Waals surface area contributed by atoms with Gasteiger partial charge >= 0.3 is 0 Å². The van der Waals surface area contributed by atoms with Gasteiger partial charge in [0.2, 0.25) is 7.59 Å². The van der Waals surface area contributed by atoms with Gasteiger partial charge in [-0.05, 0) is 17.5 Å². The highest BCUT2D eigenvalue weighted by Gasteiger charge is 2.33. The molecule has 0 amide bonds. The smallest absolute Gasteiger partial charge is 0.228 e. The van der Waals surface area contributed by atoms with Gasteiger partial charge in [0.25, 0.3) is 0 Å². The number of hydrogen-bond acceptors (Lipinski definition) is 5. The number of nitrogens with zero attached hydrogens (tertiary/aromatic N) is 3. The summed E-state index contributed by atoms with van der Waals surface area (Å²) in [5.41, 5.74) is 1.67. The molecular formula is C24H25Cl6N3O2S. The number of rotatable bonds is 8. The predicted octanol–water partition coefficient (Wildman–Crippen LogP) is 8.06. The first-order valence-electron chi connectivity index (χ1n) is 11.0. The standard InChI is InChI=1S/C14H14O2S.C10H11Cl6N3/c15-17(16,11-13-7-3-1-4-8-13)12-14-9-5-2-6-10-14;1-2-3-4-5-6-17-7(9(11,12)13)19-8(18-6)10(14,15)16/h1-10H,11-12H2;2-5H2,1H3. The highest BCUT2D eigenvalue weighted by atomic mass is 35.6. The van der Waals surface area contributed by atoms with Gasteiger partial charge < -0.3 is 0 Å². The van der Waals surface area contributed by atoms with E-state index in [0.29, 0.717) is 12.2 Å². The molecule has 0 saturated carbocycles. The van der Waals surface area contributed by atoms with Crippen LogP contribution < -0.4 is 0 Å². The van der Waals surface area contributed by atoms with Crippen molar-refractivity contribution in [1.82, 2.24) is 15.0 Å². The molecule has 0 N–H and O–H groups in total. The number of alkyl halides is 6. The maximum atomic E-state index is 12.0. The van der Waals surface area contributed by atoms with Gasteiger partial charge in [-0.2, -0.15) is 0 Å². The fraction of sp³-hybridized carbons (Fsp3) is 0.375. The summed E-state index contributed by atoms with van der Waals surface area (Å²) in [7, 11) is -3.09. The van der Waals surface area contributed by atoms with Crippen molar-refractivity contribution in [2.75, 3.05) is 0 Å². The summed E-state index contributed by atoms with van der Waals surface area (Å²) in [6.07, 6.45) is 3.62. The van der Waals surface area contributed by atoms with E-state index in [9.17, 15) is 8.42 Å². The summed E-state index contributed by atoms with van der Waals surface area (Å²) < 4.78 is 20.4. The minimum absolute atomic E-state index is 0.0414. The van der Waals surface area contributed by atoms with Crippen LogP contribution in [-0.2, 0) is 35.3 Å². The van der Waals surface area contributed by atoms with E-state index in [1.54, 1.807) is 0 Å². The monoisotopic (exact) mass is 629 g/mol. The van der Waals surface area contributed by atoms with Crippen molar-refractivity contribution in [2.24, 2.45) is 0 Å². The number of aromatic nitrogens is 3. The second-order valence-electron chi connectivity index (χ2n) is 7.85. The van der Waals surface area contributed by atoms with Gasteiger partial charge in [-0.3, -0.25) is 0 Å². The molecule has 5 nitrogen and oxygen atoms in total. The molecule has 1 aromatic heterocycles. The molecular weight excluding hydrogens is 607 g/mol. The van der Waals surface area contributed by atoms with E-state index in [-0.39, 0.29) is 23.2 Å². The lowest BCUT2D eigenvalue weighted by Gasteiger charge is -2.15. The van der Waals surface area contributed by atoms with Crippen LogP contribution in [0.2, 0.25) is 0 Å². The van der Waals surface area contributed by atoms with Crippen LogP contribution in [0.4, 0.5) is 0 Å². The third-order valence-electron chi connectivity index (χ3n) is 4.65. The van der Waals surface area contributed by atoms with E-state index in [1.165, 1.54) is 0 Å². The van der Waals surface area contributed by atoms with Crippen molar-refractivity contribution < 1.29 is 8.42 Å². The molecule has 0 spiro atoms. The van der Waals surface area contributed by atoms with E-state index >= 15 is 0 Å². The zero-order valence-electron chi connectivity index (χ0n) is 19.4. The zero-order chi connectivity index (χ0) is 26.8. The Hall–Kier alpha value is -0.860. The van der Waals surface area contributed by atoms with Crippen LogP contribution >= 0.6 is 69.6 Å². The van der Waals surface area contributed by atoms with Crippen molar-refractivity contribution >= 4 is 79.4 Å². The summed E-state index contributed by atoms with van der Waals surface area (Å²) in [4.78, 5) is 12.1. The first kappa shape index (κ1) is 31.4. The van der Waals surface area contributed by atoms with Crippen LogP contribution in [0.5, 0.6) is 0 Å². The van der Waals surface area contributed by atoms with E-state index in [1.807, 2.05) is 60.7 Å². The van der Waals surface area contributed by atoms with Crippen molar-refractivity contribution in [2.45, 2.75) is 51.7 Å². The van der Waals surface area contributed by atoms with Crippen molar-refractivity contribution in [3.8, 4) is 0 Å². The summed E-state index contributed by atoms with van der Waals surface area (Å²) in [5.74, 6) is 0.567. The normalized spacial score (nSPS) is 12.1. The Morgan fingerprint density at radius 1 is 0.667 bits per heavy atom. The summed E-state index contributed by atoms with van der Waals surface area (Å²) in [6.45, 7) is 2.09. The number of aryl methyl sites for hydroxylation is 1. The molecule has 0 unspecified atom stereocenters. The van der Waals surface area contributed by atoms with Crippen LogP contribution in [0.3, 0.4) is 0 Å². The number of unbranched alkanes of at least 4 members (excludes halogenated alkanes) is 2. The molecule has 0 radical (unpaired) electrons. The summed E-state index contributed by atoms with van der Waals surface area (Å²) in [6, 6.07) is 18.5. The first-order chi connectivity index (χ1) is 16.8. The number of halogens is 6. The van der Waals surface area contributed by atoms with E-state index in [0.717, 1.165) is 30.4 Å². The largest absolute Gasteiger partial charge is 0.250 e. The van der Waals surface area contributed by atoms with Crippen LogP contribution in [0.25, 0.3) is 0 Å². The third kappa shape index (κ3) is 11.7. The minimum Gasteiger partial charge on any atom is -0.228 e. The Morgan fingerprint density at radius 3 is 1.44 bits per heavy atom. The van der Waals surface area contributed by atoms with Crippen molar-refractivity contribution in [1.29, 1.82) is 0 Å². The molecule has 0 bridgehead atoms. The lowest BCUT2D eigenvalue weighted by atomic mass is 10.2. The molecule has 1 heterocycles. The molecule has 3 rings (SSSR count). The van der Waals surface area contributed by atoms with Gasteiger partial charge in [0.1, 0.15) is 5.82 Å². The summed E-state index contributed by atoms with van der Waals surface area (Å²) >= 11 is 34.6. The Bertz CT molecular complexity index is 1110. The van der Waals surface area contributed by atoms with Gasteiger partial charge in [-0.15, -0.1) is 0 Å². The zero-order valence-corrected chi connectivity index (χ0v) is 24.7. The molecule has 0 saturated heterocycles. The van der Waals surface area contributed by atoms with Crippen LogP contribution in [0, 0.1) is 0 Å². The third-order valence-corrected chi connectivity index (χ3v) is 7.21. The Kier molecular flexibility index (Phi) is 12.5.